The van der Waals surface area contributed by atoms with Crippen LogP contribution in [0.15, 0.2) is 10.5 Å². The van der Waals surface area contributed by atoms with Crippen molar-refractivity contribution in [3.05, 3.63) is 10.5 Å². The monoisotopic (exact) mass is 168 g/mol. The Kier molecular flexibility index (Phi) is 2.03. The van der Waals surface area contributed by atoms with Gasteiger partial charge in [0, 0.05) is 11.3 Å². The second-order valence-electron chi connectivity index (χ2n) is 3.16. The molecule has 0 aromatic heterocycles. The van der Waals surface area contributed by atoms with Gasteiger partial charge in [0.05, 0.1) is 0 Å². The fourth-order valence-corrected chi connectivity index (χ4v) is 2.93. The zero-order chi connectivity index (χ0) is 7.68. The Morgan fingerprint density at radius 2 is 1.91 bits per heavy atom. The summed E-state index contributed by atoms with van der Waals surface area (Å²) in [7, 11) is 0. The zero-order valence-corrected chi connectivity index (χ0v) is 7.38. The zero-order valence-electron chi connectivity index (χ0n) is 6.56. The van der Waals surface area contributed by atoms with Crippen LogP contribution in [-0.4, -0.2) is 11.5 Å². The molecule has 0 fully saturated rings. The van der Waals surface area contributed by atoms with Crippen LogP contribution >= 0.6 is 11.8 Å². The molecule has 11 heavy (non-hydrogen) atoms. The molecular formula is C9H12OS. The van der Waals surface area contributed by atoms with E-state index in [4.69, 9.17) is 0 Å². The van der Waals surface area contributed by atoms with Crippen molar-refractivity contribution in [1.82, 2.24) is 0 Å². The van der Waals surface area contributed by atoms with Gasteiger partial charge in [0.1, 0.15) is 0 Å². The summed E-state index contributed by atoms with van der Waals surface area (Å²) < 4.78 is 0. The van der Waals surface area contributed by atoms with E-state index >= 15 is 0 Å². The van der Waals surface area contributed by atoms with E-state index in [0.29, 0.717) is 5.78 Å². The number of allylic oxidation sites excluding steroid dienone is 2. The summed E-state index contributed by atoms with van der Waals surface area (Å²) in [6, 6.07) is 0. The summed E-state index contributed by atoms with van der Waals surface area (Å²) in [6.45, 7) is 0. The fraction of sp³-hybridized carbons (Fsp3) is 0.667. The smallest absolute Gasteiger partial charge is 0.169 e. The molecule has 0 bridgehead atoms. The topological polar surface area (TPSA) is 17.1 Å². The minimum Gasteiger partial charge on any atom is -0.294 e. The van der Waals surface area contributed by atoms with Gasteiger partial charge in [-0.2, -0.15) is 0 Å². The molecule has 0 aromatic rings. The molecule has 0 radical (unpaired) electrons. The van der Waals surface area contributed by atoms with E-state index in [0.717, 1.165) is 23.5 Å². The minimum absolute atomic E-state index is 0.413. The van der Waals surface area contributed by atoms with E-state index in [1.54, 1.807) is 11.8 Å². The highest BCUT2D eigenvalue weighted by Gasteiger charge is 2.22. The molecule has 0 N–H and O–H groups in total. The molecule has 60 valence electrons. The Hall–Kier alpha value is -0.240. The van der Waals surface area contributed by atoms with Crippen molar-refractivity contribution in [2.45, 2.75) is 32.1 Å². The lowest BCUT2D eigenvalue weighted by atomic mass is 9.95. The molecule has 2 heteroatoms. The van der Waals surface area contributed by atoms with Crippen LogP contribution in [0.25, 0.3) is 0 Å². The predicted octanol–water partition coefficient (Wildman–Crippen LogP) is 2.52. The summed E-state index contributed by atoms with van der Waals surface area (Å²) in [5.41, 5.74) is 1.46. The molecule has 0 atom stereocenters. The molecule has 2 rings (SSSR count). The van der Waals surface area contributed by atoms with Gasteiger partial charge in [-0.3, -0.25) is 4.79 Å². The van der Waals surface area contributed by atoms with Crippen molar-refractivity contribution in [2.75, 3.05) is 5.75 Å². The fourth-order valence-electron chi connectivity index (χ4n) is 1.77. The van der Waals surface area contributed by atoms with Crippen molar-refractivity contribution in [2.24, 2.45) is 0 Å². The van der Waals surface area contributed by atoms with E-state index < -0.39 is 0 Å². The molecule has 0 unspecified atom stereocenters. The van der Waals surface area contributed by atoms with Crippen LogP contribution in [0, 0.1) is 0 Å². The number of thioether (sulfide) groups is 1. The maximum atomic E-state index is 11.3. The number of rotatable bonds is 0. The largest absolute Gasteiger partial charge is 0.294 e. The Bertz CT molecular complexity index is 214. The highest BCUT2D eigenvalue weighted by Crippen LogP contribution is 2.37. The molecule has 1 heterocycles. The Labute approximate surface area is 71.2 Å². The summed E-state index contributed by atoms with van der Waals surface area (Å²) in [6.07, 6.45) is 5.54. The number of Topliss-reactive ketones (excluding diaryl/α,β-unsaturated/α-hetero) is 1. The van der Waals surface area contributed by atoms with E-state index in [2.05, 4.69) is 0 Å². The highest BCUT2D eigenvalue weighted by atomic mass is 32.2. The number of carbonyl (C=O) groups is 1. The van der Waals surface area contributed by atoms with Crippen LogP contribution in [0.4, 0.5) is 0 Å². The van der Waals surface area contributed by atoms with Crippen molar-refractivity contribution in [3.8, 4) is 0 Å². The van der Waals surface area contributed by atoms with E-state index in [1.807, 2.05) is 0 Å². The van der Waals surface area contributed by atoms with Gasteiger partial charge >= 0.3 is 0 Å². The Balaban J connectivity index is 2.27. The van der Waals surface area contributed by atoms with E-state index in [-0.39, 0.29) is 0 Å². The molecule has 0 saturated heterocycles. The lowest BCUT2D eigenvalue weighted by Gasteiger charge is -2.22. The van der Waals surface area contributed by atoms with Crippen LogP contribution in [0.3, 0.4) is 0 Å². The van der Waals surface area contributed by atoms with E-state index in [1.165, 1.54) is 24.8 Å². The summed E-state index contributed by atoms with van der Waals surface area (Å²) in [5.74, 6) is 1.57. The van der Waals surface area contributed by atoms with Gasteiger partial charge < -0.3 is 0 Å². The molecule has 1 aliphatic carbocycles. The third kappa shape index (κ3) is 1.36. The summed E-state index contributed by atoms with van der Waals surface area (Å²) in [4.78, 5) is 12.5. The van der Waals surface area contributed by atoms with Crippen molar-refractivity contribution in [3.63, 3.8) is 0 Å². The van der Waals surface area contributed by atoms with Crippen molar-refractivity contribution >= 4 is 17.5 Å². The van der Waals surface area contributed by atoms with Gasteiger partial charge in [-0.15, -0.1) is 11.8 Å². The van der Waals surface area contributed by atoms with Crippen molar-refractivity contribution < 1.29 is 4.79 Å². The summed E-state index contributed by atoms with van der Waals surface area (Å²) >= 11 is 1.79. The van der Waals surface area contributed by atoms with Gasteiger partial charge in [0.2, 0.25) is 0 Å². The number of hydrogen-bond donors (Lipinski definition) is 0. The summed E-state index contributed by atoms with van der Waals surface area (Å²) in [5, 5.41) is 0. The molecule has 1 aliphatic heterocycles. The highest BCUT2D eigenvalue weighted by molar-refractivity contribution is 8.04. The standard InChI is InChI=1S/C9H12OS/c10-8-5-1-3-7-4-2-6-11-9(7)8/h1-6H2. The first-order valence-corrected chi connectivity index (χ1v) is 5.24. The maximum Gasteiger partial charge on any atom is 0.169 e. The quantitative estimate of drug-likeness (QED) is 0.553. The lowest BCUT2D eigenvalue weighted by molar-refractivity contribution is -0.115. The molecule has 0 saturated carbocycles. The molecule has 0 aromatic carbocycles. The van der Waals surface area contributed by atoms with Crippen LogP contribution in [0.1, 0.15) is 32.1 Å². The SMILES string of the molecule is O=C1CCCC2=C1SCCC2. The number of hydrogen-bond acceptors (Lipinski definition) is 2. The molecule has 2 aliphatic rings. The van der Waals surface area contributed by atoms with Crippen LogP contribution in [0.2, 0.25) is 0 Å². The molecule has 0 amide bonds. The maximum absolute atomic E-state index is 11.3. The second-order valence-corrected chi connectivity index (χ2v) is 4.27. The Morgan fingerprint density at radius 3 is 2.73 bits per heavy atom. The molecule has 0 spiro atoms. The van der Waals surface area contributed by atoms with Gasteiger partial charge in [0.15, 0.2) is 5.78 Å². The third-order valence-corrected chi connectivity index (χ3v) is 3.62. The van der Waals surface area contributed by atoms with Gasteiger partial charge in [-0.1, -0.05) is 5.57 Å². The molecule has 1 nitrogen and oxygen atoms in total. The van der Waals surface area contributed by atoms with Gasteiger partial charge in [-0.05, 0) is 31.4 Å². The van der Waals surface area contributed by atoms with Crippen LogP contribution in [0.5, 0.6) is 0 Å². The Morgan fingerprint density at radius 1 is 1.09 bits per heavy atom. The normalized spacial score (nSPS) is 25.3. The average Bonchev–Trinajstić information content (AvgIpc) is 2.06. The molecular weight excluding hydrogens is 156 g/mol. The van der Waals surface area contributed by atoms with Gasteiger partial charge in [-0.25, -0.2) is 0 Å². The van der Waals surface area contributed by atoms with E-state index in [9.17, 15) is 4.79 Å². The third-order valence-electron chi connectivity index (χ3n) is 2.33. The first kappa shape index (κ1) is 7.41. The second kappa shape index (κ2) is 3.02. The van der Waals surface area contributed by atoms with Crippen molar-refractivity contribution in [1.29, 1.82) is 0 Å². The first-order chi connectivity index (χ1) is 5.38. The van der Waals surface area contributed by atoms with Crippen LogP contribution < -0.4 is 0 Å². The van der Waals surface area contributed by atoms with Gasteiger partial charge in [0.25, 0.3) is 0 Å². The first-order valence-electron chi connectivity index (χ1n) is 4.26. The van der Waals surface area contributed by atoms with Crippen LogP contribution in [-0.2, 0) is 4.79 Å². The average molecular weight is 168 g/mol. The number of carbonyl (C=O) groups excluding carboxylic acids is 1. The predicted molar refractivity (Wildman–Crippen MR) is 47.6 cm³/mol. The lowest BCUT2D eigenvalue weighted by Crippen LogP contribution is -2.12. The number of ketones is 1. The minimum atomic E-state index is 0.413.